The lowest BCUT2D eigenvalue weighted by Crippen LogP contribution is -2.24. The molecule has 0 bridgehead atoms. The number of thiophene rings is 1. The van der Waals surface area contributed by atoms with Crippen LogP contribution in [0.4, 0.5) is 0 Å². The second kappa shape index (κ2) is 5.96. The van der Waals surface area contributed by atoms with Crippen LogP contribution in [0, 0.1) is 13.8 Å². The Kier molecular flexibility index (Phi) is 4.04. The summed E-state index contributed by atoms with van der Waals surface area (Å²) in [6.45, 7) is 7.30. The lowest BCUT2D eigenvalue weighted by molar-refractivity contribution is 0.616. The fourth-order valence-corrected chi connectivity index (χ4v) is 3.77. The molecule has 1 aromatic carbocycles. The van der Waals surface area contributed by atoms with Crippen molar-refractivity contribution in [2.75, 3.05) is 6.54 Å². The average molecular weight is 296 g/mol. The van der Waals surface area contributed by atoms with Gasteiger partial charge in [-0.2, -0.15) is 0 Å². The first kappa shape index (κ1) is 14.2. The van der Waals surface area contributed by atoms with Gasteiger partial charge in [-0.25, -0.2) is 0 Å². The zero-order valence-corrected chi connectivity index (χ0v) is 13.5. The van der Waals surface area contributed by atoms with E-state index in [1.54, 1.807) is 11.3 Å². The molecule has 1 N–H and O–H groups in total. The van der Waals surface area contributed by atoms with Crippen LogP contribution in [0.1, 0.15) is 35.3 Å². The number of nitrogens with one attached hydrogen (secondary N) is 1. The minimum atomic E-state index is 0.151. The minimum Gasteiger partial charge on any atom is -0.305 e. The molecule has 0 radical (unpaired) electrons. The molecule has 0 saturated heterocycles. The van der Waals surface area contributed by atoms with Gasteiger partial charge in [0, 0.05) is 10.9 Å². The van der Waals surface area contributed by atoms with Gasteiger partial charge in [0.15, 0.2) is 0 Å². The summed E-state index contributed by atoms with van der Waals surface area (Å²) in [5, 5.41) is 7.07. The highest BCUT2D eigenvalue weighted by molar-refractivity contribution is 7.17. The Labute approximate surface area is 129 Å². The van der Waals surface area contributed by atoms with E-state index in [1.807, 2.05) is 6.20 Å². The third-order valence-corrected chi connectivity index (χ3v) is 4.74. The molecular weight excluding hydrogens is 276 g/mol. The largest absolute Gasteiger partial charge is 0.305 e. The van der Waals surface area contributed by atoms with Gasteiger partial charge < -0.3 is 5.32 Å². The molecule has 0 spiro atoms. The minimum absolute atomic E-state index is 0.151. The molecule has 2 heterocycles. The molecule has 0 aliphatic rings. The maximum atomic E-state index is 4.71. The number of hydrogen-bond acceptors (Lipinski definition) is 3. The molecule has 3 rings (SSSR count). The average Bonchev–Trinajstić information content (AvgIpc) is 2.94. The second-order valence-electron chi connectivity index (χ2n) is 5.39. The summed E-state index contributed by atoms with van der Waals surface area (Å²) in [5.74, 6) is 0. The van der Waals surface area contributed by atoms with Crippen LogP contribution >= 0.6 is 11.3 Å². The van der Waals surface area contributed by atoms with Crippen LogP contribution in [-0.4, -0.2) is 11.5 Å². The maximum Gasteiger partial charge on any atom is 0.0767 e. The van der Waals surface area contributed by atoms with Gasteiger partial charge in [0.05, 0.1) is 11.7 Å². The molecule has 21 heavy (non-hydrogen) atoms. The summed E-state index contributed by atoms with van der Waals surface area (Å²) < 4.78 is 1.35. The summed E-state index contributed by atoms with van der Waals surface area (Å²) in [4.78, 5) is 4.71. The Morgan fingerprint density at radius 1 is 1.24 bits per heavy atom. The molecule has 0 amide bonds. The van der Waals surface area contributed by atoms with Gasteiger partial charge in [-0.1, -0.05) is 31.2 Å². The predicted octanol–water partition coefficient (Wildman–Crippen LogP) is 4.61. The van der Waals surface area contributed by atoms with Crippen molar-refractivity contribution < 1.29 is 0 Å². The number of benzene rings is 1. The summed E-state index contributed by atoms with van der Waals surface area (Å²) in [7, 11) is 0. The zero-order valence-electron chi connectivity index (χ0n) is 12.7. The fourth-order valence-electron chi connectivity index (χ4n) is 2.83. The zero-order chi connectivity index (χ0) is 14.8. The Morgan fingerprint density at radius 3 is 2.86 bits per heavy atom. The van der Waals surface area contributed by atoms with Crippen molar-refractivity contribution >= 4 is 21.4 Å². The molecule has 0 fully saturated rings. The van der Waals surface area contributed by atoms with Crippen LogP contribution in [0.25, 0.3) is 10.1 Å². The number of hydrogen-bond donors (Lipinski definition) is 1. The van der Waals surface area contributed by atoms with E-state index in [0.29, 0.717) is 0 Å². The lowest BCUT2D eigenvalue weighted by atomic mass is 9.98. The Morgan fingerprint density at radius 2 is 2.10 bits per heavy atom. The topological polar surface area (TPSA) is 24.9 Å². The monoisotopic (exact) mass is 296 g/mol. The molecule has 0 aliphatic carbocycles. The quantitative estimate of drug-likeness (QED) is 0.760. The van der Waals surface area contributed by atoms with E-state index in [2.05, 4.69) is 61.8 Å². The maximum absolute atomic E-state index is 4.71. The highest BCUT2D eigenvalue weighted by Gasteiger charge is 2.19. The highest BCUT2D eigenvalue weighted by Crippen LogP contribution is 2.32. The number of fused-ring (bicyclic) bond motifs is 1. The smallest absolute Gasteiger partial charge is 0.0767 e. The van der Waals surface area contributed by atoms with Crippen LogP contribution in [0.2, 0.25) is 0 Å². The third-order valence-electron chi connectivity index (χ3n) is 3.76. The van der Waals surface area contributed by atoms with Crippen molar-refractivity contribution in [1.82, 2.24) is 10.3 Å². The number of aromatic nitrogens is 1. The Bertz CT molecular complexity index is 761. The van der Waals surface area contributed by atoms with Crippen molar-refractivity contribution in [1.29, 1.82) is 0 Å². The molecule has 3 aromatic rings. The predicted molar refractivity (Wildman–Crippen MR) is 91.1 cm³/mol. The van der Waals surface area contributed by atoms with E-state index in [0.717, 1.165) is 12.2 Å². The third kappa shape index (κ3) is 2.71. The van der Waals surface area contributed by atoms with Gasteiger partial charge in [0.2, 0.25) is 0 Å². The molecule has 0 saturated carbocycles. The van der Waals surface area contributed by atoms with E-state index in [1.165, 1.54) is 26.8 Å². The molecule has 1 atom stereocenters. The van der Waals surface area contributed by atoms with Crippen molar-refractivity contribution in [3.63, 3.8) is 0 Å². The lowest BCUT2D eigenvalue weighted by Gasteiger charge is -2.21. The van der Waals surface area contributed by atoms with Crippen LogP contribution in [-0.2, 0) is 0 Å². The SMILES string of the molecule is CCNC(c1ncc(C)cc1C)c1cccc2ccsc12. The first-order valence-electron chi connectivity index (χ1n) is 7.33. The van der Waals surface area contributed by atoms with E-state index in [-0.39, 0.29) is 6.04 Å². The van der Waals surface area contributed by atoms with Crippen LogP contribution in [0.3, 0.4) is 0 Å². The number of rotatable bonds is 4. The van der Waals surface area contributed by atoms with E-state index in [9.17, 15) is 0 Å². The molecule has 2 aromatic heterocycles. The van der Waals surface area contributed by atoms with E-state index >= 15 is 0 Å². The van der Waals surface area contributed by atoms with Gasteiger partial charge in [-0.05, 0) is 53.9 Å². The first-order chi connectivity index (χ1) is 10.2. The highest BCUT2D eigenvalue weighted by atomic mass is 32.1. The number of pyridine rings is 1. The Hall–Kier alpha value is -1.71. The number of aryl methyl sites for hydroxylation is 2. The fraction of sp³-hybridized carbons (Fsp3) is 0.278. The van der Waals surface area contributed by atoms with E-state index in [4.69, 9.17) is 4.98 Å². The molecule has 0 aliphatic heterocycles. The molecular formula is C18H20N2S. The van der Waals surface area contributed by atoms with Crippen LogP contribution in [0.15, 0.2) is 41.9 Å². The van der Waals surface area contributed by atoms with Crippen molar-refractivity contribution in [2.45, 2.75) is 26.8 Å². The summed E-state index contributed by atoms with van der Waals surface area (Å²) >= 11 is 1.80. The van der Waals surface area contributed by atoms with E-state index < -0.39 is 0 Å². The van der Waals surface area contributed by atoms with Crippen molar-refractivity contribution in [3.05, 3.63) is 64.3 Å². The molecule has 3 heteroatoms. The number of nitrogens with zero attached hydrogens (tertiary/aromatic N) is 1. The molecule has 108 valence electrons. The van der Waals surface area contributed by atoms with Gasteiger partial charge in [-0.15, -0.1) is 11.3 Å². The second-order valence-corrected chi connectivity index (χ2v) is 6.31. The van der Waals surface area contributed by atoms with Gasteiger partial charge in [0.25, 0.3) is 0 Å². The van der Waals surface area contributed by atoms with Crippen molar-refractivity contribution in [3.8, 4) is 0 Å². The first-order valence-corrected chi connectivity index (χ1v) is 8.21. The molecule has 1 unspecified atom stereocenters. The summed E-state index contributed by atoms with van der Waals surface area (Å²) in [6.07, 6.45) is 1.96. The summed E-state index contributed by atoms with van der Waals surface area (Å²) in [6, 6.07) is 11.1. The van der Waals surface area contributed by atoms with Crippen LogP contribution in [0.5, 0.6) is 0 Å². The Balaban J connectivity index is 2.15. The van der Waals surface area contributed by atoms with Gasteiger partial charge >= 0.3 is 0 Å². The van der Waals surface area contributed by atoms with Crippen LogP contribution < -0.4 is 5.32 Å². The van der Waals surface area contributed by atoms with Crippen molar-refractivity contribution in [2.24, 2.45) is 0 Å². The normalized spacial score (nSPS) is 12.7. The summed E-state index contributed by atoms with van der Waals surface area (Å²) in [5.41, 5.74) is 4.91. The molecule has 2 nitrogen and oxygen atoms in total. The standard InChI is InChI=1S/C18H20N2S/c1-4-19-17(16-13(3)10-12(2)11-20-16)15-7-5-6-14-8-9-21-18(14)15/h5-11,17,19H,4H2,1-3H3. The van der Waals surface area contributed by atoms with Gasteiger partial charge in [0.1, 0.15) is 0 Å². The van der Waals surface area contributed by atoms with Gasteiger partial charge in [-0.3, -0.25) is 4.98 Å².